The lowest BCUT2D eigenvalue weighted by atomic mass is 10.1. The van der Waals surface area contributed by atoms with E-state index in [1.54, 1.807) is 0 Å². The van der Waals surface area contributed by atoms with Crippen LogP contribution in [0.5, 0.6) is 0 Å². The van der Waals surface area contributed by atoms with Crippen LogP contribution in [0, 0.1) is 0 Å². The second-order valence-electron chi connectivity index (χ2n) is 5.02. The van der Waals surface area contributed by atoms with Gasteiger partial charge in [-0.3, -0.25) is 4.90 Å². The third-order valence-electron chi connectivity index (χ3n) is 3.70. The van der Waals surface area contributed by atoms with Gasteiger partial charge in [-0.15, -0.1) is 22.7 Å². The lowest BCUT2D eigenvalue weighted by Crippen LogP contribution is -2.28. The standard InChI is InChI=1S/C16H19NS2/c1-13(17-8-2-3-9-17)12-14(15-6-4-10-18-15)16-7-5-11-19-16/h4-7,10-13H,2-3,8-9H2,1H3. The molecule has 1 aliphatic rings. The highest BCUT2D eigenvalue weighted by Gasteiger charge is 2.18. The maximum absolute atomic E-state index is 2.58. The first-order valence-corrected chi connectivity index (χ1v) is 8.64. The van der Waals surface area contributed by atoms with E-state index in [1.165, 1.54) is 41.3 Å². The van der Waals surface area contributed by atoms with Crippen LogP contribution in [0.4, 0.5) is 0 Å². The molecule has 19 heavy (non-hydrogen) atoms. The average Bonchev–Trinajstić information content (AvgIpc) is 3.17. The molecule has 2 aromatic rings. The highest BCUT2D eigenvalue weighted by atomic mass is 32.1. The largest absolute Gasteiger partial charge is 0.297 e. The average molecular weight is 289 g/mol. The second kappa shape index (κ2) is 6.04. The maximum atomic E-state index is 2.58. The van der Waals surface area contributed by atoms with Crippen LogP contribution in [0.2, 0.25) is 0 Å². The highest BCUT2D eigenvalue weighted by Crippen LogP contribution is 2.31. The Labute approximate surface area is 123 Å². The Morgan fingerprint density at radius 2 is 1.68 bits per heavy atom. The molecule has 0 saturated carbocycles. The molecule has 1 saturated heterocycles. The Morgan fingerprint density at radius 1 is 1.11 bits per heavy atom. The fourth-order valence-electron chi connectivity index (χ4n) is 2.64. The molecular formula is C16H19NS2. The minimum Gasteiger partial charge on any atom is -0.297 e. The third-order valence-corrected chi connectivity index (χ3v) is 5.50. The first-order valence-electron chi connectivity index (χ1n) is 6.88. The quantitative estimate of drug-likeness (QED) is 0.787. The molecule has 100 valence electrons. The summed E-state index contributed by atoms with van der Waals surface area (Å²) in [6.07, 6.45) is 5.15. The van der Waals surface area contributed by atoms with Crippen molar-refractivity contribution in [3.63, 3.8) is 0 Å². The Balaban J connectivity index is 1.90. The van der Waals surface area contributed by atoms with Gasteiger partial charge in [0.25, 0.3) is 0 Å². The van der Waals surface area contributed by atoms with Crippen LogP contribution in [0.25, 0.3) is 5.57 Å². The molecule has 3 heterocycles. The summed E-state index contributed by atoms with van der Waals surface area (Å²) in [4.78, 5) is 5.35. The van der Waals surface area contributed by atoms with Crippen LogP contribution < -0.4 is 0 Å². The van der Waals surface area contributed by atoms with Gasteiger partial charge in [0.2, 0.25) is 0 Å². The SMILES string of the molecule is CC(C=C(c1cccs1)c1cccs1)N1CCCC1. The number of nitrogens with zero attached hydrogens (tertiary/aromatic N) is 1. The summed E-state index contributed by atoms with van der Waals surface area (Å²) in [5.41, 5.74) is 1.41. The Morgan fingerprint density at radius 3 is 2.16 bits per heavy atom. The van der Waals surface area contributed by atoms with Crippen molar-refractivity contribution in [2.45, 2.75) is 25.8 Å². The van der Waals surface area contributed by atoms with Gasteiger partial charge in [-0.05, 0) is 55.7 Å². The molecule has 1 aliphatic heterocycles. The smallest absolute Gasteiger partial charge is 0.0354 e. The topological polar surface area (TPSA) is 3.24 Å². The highest BCUT2D eigenvalue weighted by molar-refractivity contribution is 7.13. The van der Waals surface area contributed by atoms with E-state index in [-0.39, 0.29) is 0 Å². The van der Waals surface area contributed by atoms with Crippen LogP contribution in [-0.2, 0) is 0 Å². The molecule has 0 N–H and O–H groups in total. The van der Waals surface area contributed by atoms with Crippen molar-refractivity contribution in [1.82, 2.24) is 4.90 Å². The van der Waals surface area contributed by atoms with Crippen LogP contribution in [0.3, 0.4) is 0 Å². The molecule has 0 aromatic carbocycles. The van der Waals surface area contributed by atoms with E-state index in [0.717, 1.165) is 0 Å². The van der Waals surface area contributed by atoms with Gasteiger partial charge in [-0.1, -0.05) is 18.2 Å². The van der Waals surface area contributed by atoms with Crippen LogP contribution in [0.1, 0.15) is 29.5 Å². The number of hydrogen-bond acceptors (Lipinski definition) is 3. The lowest BCUT2D eigenvalue weighted by molar-refractivity contribution is 0.300. The van der Waals surface area contributed by atoms with E-state index in [2.05, 4.69) is 52.9 Å². The van der Waals surface area contributed by atoms with Crippen LogP contribution in [-0.4, -0.2) is 24.0 Å². The summed E-state index contributed by atoms with van der Waals surface area (Å²) in [6.45, 7) is 4.83. The van der Waals surface area contributed by atoms with Crippen LogP contribution >= 0.6 is 22.7 Å². The zero-order chi connectivity index (χ0) is 13.1. The maximum Gasteiger partial charge on any atom is 0.0354 e. The molecule has 1 atom stereocenters. The van der Waals surface area contributed by atoms with Gasteiger partial charge in [0.1, 0.15) is 0 Å². The summed E-state index contributed by atoms with van der Waals surface area (Å²) in [5, 5.41) is 4.33. The normalized spacial score (nSPS) is 17.5. The molecule has 3 heteroatoms. The van der Waals surface area contributed by atoms with E-state index >= 15 is 0 Å². The van der Waals surface area contributed by atoms with Crippen molar-refractivity contribution in [2.24, 2.45) is 0 Å². The Bertz CT molecular complexity index is 483. The monoisotopic (exact) mass is 289 g/mol. The molecule has 2 aromatic heterocycles. The zero-order valence-corrected chi connectivity index (χ0v) is 12.8. The second-order valence-corrected chi connectivity index (χ2v) is 6.91. The molecular weight excluding hydrogens is 270 g/mol. The summed E-state index contributed by atoms with van der Waals surface area (Å²) >= 11 is 3.67. The summed E-state index contributed by atoms with van der Waals surface area (Å²) in [5.74, 6) is 0. The van der Waals surface area contributed by atoms with E-state index in [1.807, 2.05) is 22.7 Å². The molecule has 0 spiro atoms. The molecule has 0 aliphatic carbocycles. The molecule has 3 rings (SSSR count). The van der Waals surface area contributed by atoms with Crippen molar-refractivity contribution in [2.75, 3.05) is 13.1 Å². The van der Waals surface area contributed by atoms with Crippen LogP contribution in [0.15, 0.2) is 41.1 Å². The van der Waals surface area contributed by atoms with Gasteiger partial charge in [-0.25, -0.2) is 0 Å². The number of thiophene rings is 2. The van der Waals surface area contributed by atoms with Gasteiger partial charge in [0.05, 0.1) is 0 Å². The van der Waals surface area contributed by atoms with E-state index in [9.17, 15) is 0 Å². The van der Waals surface area contributed by atoms with E-state index in [0.29, 0.717) is 6.04 Å². The van der Waals surface area contributed by atoms with Crippen molar-refractivity contribution < 1.29 is 0 Å². The number of rotatable bonds is 4. The molecule has 1 unspecified atom stereocenters. The van der Waals surface area contributed by atoms with E-state index in [4.69, 9.17) is 0 Å². The van der Waals surface area contributed by atoms with Crippen molar-refractivity contribution in [3.8, 4) is 0 Å². The minimum atomic E-state index is 0.529. The Hall–Kier alpha value is -0.900. The summed E-state index contributed by atoms with van der Waals surface area (Å²) in [7, 11) is 0. The first-order chi connectivity index (χ1) is 9.34. The third kappa shape index (κ3) is 2.99. The zero-order valence-electron chi connectivity index (χ0n) is 11.2. The minimum absolute atomic E-state index is 0.529. The fraction of sp³-hybridized carbons (Fsp3) is 0.375. The first kappa shape index (κ1) is 13.1. The van der Waals surface area contributed by atoms with Gasteiger partial charge < -0.3 is 0 Å². The molecule has 0 amide bonds. The predicted octanol–water partition coefficient (Wildman–Crippen LogP) is 4.73. The van der Waals surface area contributed by atoms with Crippen molar-refractivity contribution in [3.05, 3.63) is 50.9 Å². The number of likely N-dealkylation sites (tertiary alicyclic amines) is 1. The Kier molecular flexibility index (Phi) is 4.16. The van der Waals surface area contributed by atoms with Gasteiger partial charge in [-0.2, -0.15) is 0 Å². The summed E-state index contributed by atoms with van der Waals surface area (Å²) < 4.78 is 0. The molecule has 1 fully saturated rings. The van der Waals surface area contributed by atoms with Crippen molar-refractivity contribution in [1.29, 1.82) is 0 Å². The predicted molar refractivity (Wildman–Crippen MR) is 86.0 cm³/mol. The summed E-state index contributed by atoms with van der Waals surface area (Å²) in [6, 6.07) is 9.27. The van der Waals surface area contributed by atoms with Gasteiger partial charge in [0, 0.05) is 21.4 Å². The van der Waals surface area contributed by atoms with Gasteiger partial charge >= 0.3 is 0 Å². The molecule has 0 bridgehead atoms. The lowest BCUT2D eigenvalue weighted by Gasteiger charge is -2.21. The molecule has 0 radical (unpaired) electrons. The van der Waals surface area contributed by atoms with Crippen molar-refractivity contribution >= 4 is 28.2 Å². The molecule has 1 nitrogen and oxygen atoms in total. The fourth-order valence-corrected chi connectivity index (χ4v) is 4.24. The van der Waals surface area contributed by atoms with E-state index < -0.39 is 0 Å². The van der Waals surface area contributed by atoms with Gasteiger partial charge in [0.15, 0.2) is 0 Å². The number of hydrogen-bond donors (Lipinski definition) is 0.